The van der Waals surface area contributed by atoms with Crippen molar-refractivity contribution in [2.24, 2.45) is 0 Å². The summed E-state index contributed by atoms with van der Waals surface area (Å²) in [4.78, 5) is 0. The van der Waals surface area contributed by atoms with Crippen molar-refractivity contribution < 1.29 is 0 Å². The Hall–Kier alpha value is -0.0800. The van der Waals surface area contributed by atoms with Gasteiger partial charge in [0.15, 0.2) is 0 Å². The maximum absolute atomic E-state index is 3.57. The predicted molar refractivity (Wildman–Crippen MR) is 37.5 cm³/mol. The third-order valence-corrected chi connectivity index (χ3v) is 2.58. The smallest absolute Gasteiger partial charge is 0.0318 e. The third kappa shape index (κ3) is 0.864. The summed E-state index contributed by atoms with van der Waals surface area (Å²) >= 11 is 0. The van der Waals surface area contributed by atoms with Gasteiger partial charge in [-0.1, -0.05) is 0 Å². The molecule has 2 fully saturated rings. The SMILES string of the molecule is C1CN[C@]2(C1)CCNC2. The van der Waals surface area contributed by atoms with Crippen molar-refractivity contribution in [2.75, 3.05) is 19.6 Å². The lowest BCUT2D eigenvalue weighted by atomic mass is 9.97. The zero-order valence-electron chi connectivity index (χ0n) is 5.74. The summed E-state index contributed by atoms with van der Waals surface area (Å²) in [5.41, 5.74) is 0.528. The van der Waals surface area contributed by atoms with Crippen molar-refractivity contribution in [3.05, 3.63) is 0 Å². The van der Waals surface area contributed by atoms with Crippen LogP contribution >= 0.6 is 0 Å². The van der Waals surface area contributed by atoms with Crippen molar-refractivity contribution in [1.82, 2.24) is 10.6 Å². The molecule has 2 rings (SSSR count). The normalized spacial score (nSPS) is 42.7. The van der Waals surface area contributed by atoms with Gasteiger partial charge in [0.05, 0.1) is 0 Å². The molecule has 2 heteroatoms. The highest BCUT2D eigenvalue weighted by atomic mass is 15.1. The van der Waals surface area contributed by atoms with Crippen molar-refractivity contribution in [2.45, 2.75) is 24.8 Å². The van der Waals surface area contributed by atoms with Crippen LogP contribution in [0.4, 0.5) is 0 Å². The number of hydrogen-bond acceptors (Lipinski definition) is 2. The molecule has 1 atom stereocenters. The van der Waals surface area contributed by atoms with Crippen LogP contribution in [-0.4, -0.2) is 25.2 Å². The fourth-order valence-electron chi connectivity index (χ4n) is 1.98. The number of rotatable bonds is 0. The van der Waals surface area contributed by atoms with E-state index < -0.39 is 0 Å². The minimum absolute atomic E-state index is 0.528. The molecule has 9 heavy (non-hydrogen) atoms. The van der Waals surface area contributed by atoms with E-state index in [2.05, 4.69) is 10.6 Å². The molecule has 0 saturated carbocycles. The molecular formula is C7H14N2. The van der Waals surface area contributed by atoms with Crippen molar-refractivity contribution in [3.63, 3.8) is 0 Å². The van der Waals surface area contributed by atoms with E-state index in [0.717, 1.165) is 0 Å². The number of hydrogen-bond donors (Lipinski definition) is 2. The lowest BCUT2D eigenvalue weighted by molar-refractivity contribution is 0.414. The Morgan fingerprint density at radius 2 is 2.11 bits per heavy atom. The van der Waals surface area contributed by atoms with E-state index in [-0.39, 0.29) is 0 Å². The van der Waals surface area contributed by atoms with Crippen LogP contribution in [0.3, 0.4) is 0 Å². The van der Waals surface area contributed by atoms with Gasteiger partial charge in [-0.2, -0.15) is 0 Å². The van der Waals surface area contributed by atoms with Crippen molar-refractivity contribution in [1.29, 1.82) is 0 Å². The lowest BCUT2D eigenvalue weighted by Crippen LogP contribution is -2.41. The van der Waals surface area contributed by atoms with Gasteiger partial charge in [-0.25, -0.2) is 0 Å². The molecule has 52 valence electrons. The Morgan fingerprint density at radius 3 is 2.67 bits per heavy atom. The summed E-state index contributed by atoms with van der Waals surface area (Å²) in [5.74, 6) is 0. The average molecular weight is 126 g/mol. The van der Waals surface area contributed by atoms with Gasteiger partial charge in [0.2, 0.25) is 0 Å². The lowest BCUT2D eigenvalue weighted by Gasteiger charge is -2.21. The topological polar surface area (TPSA) is 24.1 Å². The Balaban J connectivity index is 2.04. The minimum Gasteiger partial charge on any atom is -0.315 e. The summed E-state index contributed by atoms with van der Waals surface area (Å²) in [6.07, 6.45) is 4.11. The molecule has 0 aromatic heterocycles. The van der Waals surface area contributed by atoms with E-state index >= 15 is 0 Å². The Bertz CT molecular complexity index is 82.0. The highest BCUT2D eigenvalue weighted by molar-refractivity contribution is 4.98. The summed E-state index contributed by atoms with van der Waals surface area (Å²) in [6, 6.07) is 0. The predicted octanol–water partition coefficient (Wildman–Crippen LogP) is 0.102. The van der Waals surface area contributed by atoms with E-state index in [1.807, 2.05) is 0 Å². The molecule has 0 aromatic rings. The van der Waals surface area contributed by atoms with Crippen LogP contribution < -0.4 is 10.6 Å². The van der Waals surface area contributed by atoms with Crippen LogP contribution in [0.2, 0.25) is 0 Å². The molecule has 2 N–H and O–H groups in total. The van der Waals surface area contributed by atoms with Crippen molar-refractivity contribution >= 4 is 0 Å². The maximum atomic E-state index is 3.57. The molecule has 0 bridgehead atoms. The second-order valence-corrected chi connectivity index (χ2v) is 3.24. The van der Waals surface area contributed by atoms with Crippen LogP contribution in [-0.2, 0) is 0 Å². The third-order valence-electron chi connectivity index (χ3n) is 2.58. The highest BCUT2D eigenvalue weighted by Crippen LogP contribution is 2.24. The van der Waals surface area contributed by atoms with Gasteiger partial charge in [0.25, 0.3) is 0 Å². The summed E-state index contributed by atoms with van der Waals surface area (Å²) < 4.78 is 0. The van der Waals surface area contributed by atoms with E-state index in [1.165, 1.54) is 38.9 Å². The first-order valence-electron chi connectivity index (χ1n) is 3.87. The zero-order chi connectivity index (χ0) is 6.16. The van der Waals surface area contributed by atoms with Crippen LogP contribution in [0.5, 0.6) is 0 Å². The fourth-order valence-corrected chi connectivity index (χ4v) is 1.98. The first kappa shape index (κ1) is 5.69. The number of nitrogens with one attached hydrogen (secondary N) is 2. The Kier molecular flexibility index (Phi) is 1.24. The Morgan fingerprint density at radius 1 is 1.11 bits per heavy atom. The average Bonchev–Trinajstić information content (AvgIpc) is 2.45. The van der Waals surface area contributed by atoms with Crippen LogP contribution in [0, 0.1) is 0 Å². The van der Waals surface area contributed by atoms with Crippen LogP contribution in [0.25, 0.3) is 0 Å². The minimum atomic E-state index is 0.528. The molecule has 0 aliphatic carbocycles. The van der Waals surface area contributed by atoms with Gasteiger partial charge < -0.3 is 10.6 Å². The van der Waals surface area contributed by atoms with Crippen LogP contribution in [0.1, 0.15) is 19.3 Å². The second-order valence-electron chi connectivity index (χ2n) is 3.24. The quantitative estimate of drug-likeness (QED) is 0.481. The second kappa shape index (κ2) is 1.96. The van der Waals surface area contributed by atoms with Crippen LogP contribution in [0.15, 0.2) is 0 Å². The van der Waals surface area contributed by atoms with Gasteiger partial charge in [-0.3, -0.25) is 0 Å². The maximum Gasteiger partial charge on any atom is 0.0318 e. The van der Waals surface area contributed by atoms with E-state index in [9.17, 15) is 0 Å². The van der Waals surface area contributed by atoms with E-state index in [1.54, 1.807) is 0 Å². The van der Waals surface area contributed by atoms with Gasteiger partial charge in [-0.15, -0.1) is 0 Å². The first-order chi connectivity index (χ1) is 4.41. The largest absolute Gasteiger partial charge is 0.315 e. The molecular weight excluding hydrogens is 112 g/mol. The zero-order valence-corrected chi connectivity index (χ0v) is 5.74. The molecule has 2 aliphatic heterocycles. The fraction of sp³-hybridized carbons (Fsp3) is 1.00. The van der Waals surface area contributed by atoms with E-state index in [0.29, 0.717) is 5.54 Å². The summed E-state index contributed by atoms with van der Waals surface area (Å²) in [7, 11) is 0. The molecule has 0 amide bonds. The molecule has 0 unspecified atom stereocenters. The molecule has 0 aromatic carbocycles. The first-order valence-corrected chi connectivity index (χ1v) is 3.87. The summed E-state index contributed by atoms with van der Waals surface area (Å²) in [5, 5.41) is 6.96. The Labute approximate surface area is 56.0 Å². The highest BCUT2D eigenvalue weighted by Gasteiger charge is 2.35. The monoisotopic (exact) mass is 126 g/mol. The van der Waals surface area contributed by atoms with Crippen molar-refractivity contribution in [3.8, 4) is 0 Å². The van der Waals surface area contributed by atoms with Gasteiger partial charge in [-0.05, 0) is 32.4 Å². The summed E-state index contributed by atoms with van der Waals surface area (Å²) in [6.45, 7) is 3.65. The van der Waals surface area contributed by atoms with Gasteiger partial charge in [0, 0.05) is 12.1 Å². The van der Waals surface area contributed by atoms with E-state index in [4.69, 9.17) is 0 Å². The molecule has 1 spiro atoms. The molecule has 2 aliphatic rings. The van der Waals surface area contributed by atoms with Gasteiger partial charge >= 0.3 is 0 Å². The van der Waals surface area contributed by atoms with Gasteiger partial charge in [0.1, 0.15) is 0 Å². The molecule has 2 nitrogen and oxygen atoms in total. The standard InChI is InChI=1S/C7H14N2/c1-2-7(9-4-1)3-5-8-6-7/h8-9H,1-6H2/t7-/m1/s1. The molecule has 2 heterocycles. The molecule has 0 radical (unpaired) electrons. The molecule has 2 saturated heterocycles.